The molecule has 0 aliphatic heterocycles. The molecule has 9 heteroatoms. The van der Waals surface area contributed by atoms with Crippen LogP contribution in [0.1, 0.15) is 126 Å². The molecule has 5 aromatic rings. The minimum atomic E-state index is -1.04. The van der Waals surface area contributed by atoms with Gasteiger partial charge in [0.2, 0.25) is 5.82 Å². The first-order chi connectivity index (χ1) is 30.8. The number of tetrazole rings is 1. The highest BCUT2D eigenvalue weighted by atomic mass is 35.5. The molecule has 0 saturated heterocycles. The summed E-state index contributed by atoms with van der Waals surface area (Å²) in [6.45, 7) is 17.8. The van der Waals surface area contributed by atoms with Gasteiger partial charge in [-0.25, -0.2) is 0 Å². The van der Waals surface area contributed by atoms with Crippen molar-refractivity contribution < 1.29 is 4.74 Å². The molecule has 1 aliphatic carbocycles. The van der Waals surface area contributed by atoms with Crippen LogP contribution in [0.15, 0.2) is 145 Å². The van der Waals surface area contributed by atoms with Crippen LogP contribution in [0.2, 0.25) is 0 Å². The van der Waals surface area contributed by atoms with E-state index in [2.05, 4.69) is 105 Å². The lowest BCUT2D eigenvalue weighted by Crippen LogP contribution is -2.40. The van der Waals surface area contributed by atoms with E-state index in [0.717, 1.165) is 76.1 Å². The largest absolute Gasteiger partial charge is 0.497 e. The topological polar surface area (TPSA) is 108 Å². The molecule has 1 aromatic heterocycles. The third kappa shape index (κ3) is 11.4. The first-order valence-corrected chi connectivity index (χ1v) is 23.5. The van der Waals surface area contributed by atoms with Crippen molar-refractivity contribution in [3.63, 3.8) is 0 Å². The van der Waals surface area contributed by atoms with Crippen LogP contribution >= 0.6 is 11.6 Å². The molecule has 1 fully saturated rings. The number of rotatable bonds is 19. The number of halogens is 1. The molecule has 2 atom stereocenters. The third-order valence-corrected chi connectivity index (χ3v) is 12.7. The van der Waals surface area contributed by atoms with Crippen molar-refractivity contribution in [2.75, 3.05) is 13.7 Å². The summed E-state index contributed by atoms with van der Waals surface area (Å²) < 4.78 is 5.61. The van der Waals surface area contributed by atoms with E-state index in [1.807, 2.05) is 50.3 Å². The summed E-state index contributed by atoms with van der Waals surface area (Å²) >= 11 is 6.42. The zero-order valence-electron chi connectivity index (χ0n) is 38.4. The van der Waals surface area contributed by atoms with Gasteiger partial charge >= 0.3 is 0 Å². The van der Waals surface area contributed by atoms with E-state index in [1.54, 1.807) is 18.0 Å². The van der Waals surface area contributed by atoms with Gasteiger partial charge in [-0.15, -0.1) is 15.0 Å². The van der Waals surface area contributed by atoms with Crippen LogP contribution in [0.25, 0.3) is 22.5 Å². The zero-order chi connectivity index (χ0) is 45.2. The van der Waals surface area contributed by atoms with Crippen molar-refractivity contribution in [3.8, 4) is 28.3 Å². The smallest absolute Gasteiger partial charge is 0.205 e. The summed E-state index contributed by atoms with van der Waals surface area (Å²) in [5, 5.41) is 15.2. The highest BCUT2D eigenvalue weighted by Gasteiger charge is 2.42. The van der Waals surface area contributed by atoms with Gasteiger partial charge in [-0.05, 0) is 87.9 Å². The molecule has 4 N–H and O–H groups in total. The number of allylic oxidation sites excluding steroid dienone is 4. The molecule has 1 saturated carbocycles. The van der Waals surface area contributed by atoms with Gasteiger partial charge in [0.1, 0.15) is 10.9 Å². The van der Waals surface area contributed by atoms with E-state index < -0.39 is 5.54 Å². The van der Waals surface area contributed by atoms with Crippen LogP contribution in [0.3, 0.4) is 0 Å². The summed E-state index contributed by atoms with van der Waals surface area (Å²) in [5.41, 5.74) is 20.3. The standard InChI is InChI=1S/C52H64ClN7O.C2H6/c1-6-10-21-45(9-4)59(49(36-54)50(53)55)37-38-24-26-41(27-25-38)47-22-16-17-23-48(47)51-56-58-60(57-51)52(42(8-3)18-7-2,44-32-34-46(61-5)35-33-44)43-30-28-40(29-31-43)39-19-14-12-11-13-15-20-39;1-2/h7-8,16-18,22-35,39,45H,2-3,6,9-15,19-21,36-37,54-55H2,1,4-5H3;1-2H3/b42-18+,50-49-;. The molecule has 334 valence electrons. The number of aromatic nitrogens is 4. The first-order valence-electron chi connectivity index (χ1n) is 23.1. The van der Waals surface area contributed by atoms with Gasteiger partial charge in [0.05, 0.1) is 12.8 Å². The minimum absolute atomic E-state index is 0.252. The average Bonchev–Trinajstić information content (AvgIpc) is 3.81. The number of hydrogen-bond acceptors (Lipinski definition) is 7. The number of benzene rings is 4. The van der Waals surface area contributed by atoms with Gasteiger partial charge < -0.3 is 21.1 Å². The van der Waals surface area contributed by atoms with Crippen molar-refractivity contribution >= 4 is 11.6 Å². The molecule has 0 bridgehead atoms. The second kappa shape index (κ2) is 24.4. The number of methoxy groups -OCH3 is 1. The van der Waals surface area contributed by atoms with Crippen molar-refractivity contribution in [1.82, 2.24) is 25.1 Å². The summed E-state index contributed by atoms with van der Waals surface area (Å²) in [5.74, 6) is 1.82. The highest BCUT2D eigenvalue weighted by Crippen LogP contribution is 2.43. The fourth-order valence-corrected chi connectivity index (χ4v) is 9.31. The molecule has 8 nitrogen and oxygen atoms in total. The van der Waals surface area contributed by atoms with E-state index in [9.17, 15) is 0 Å². The second-order valence-electron chi connectivity index (χ2n) is 16.1. The maximum atomic E-state index is 6.42. The van der Waals surface area contributed by atoms with Crippen molar-refractivity contribution in [3.05, 3.63) is 167 Å². The maximum Gasteiger partial charge on any atom is 0.205 e. The monoisotopic (exact) mass is 868 g/mol. The molecule has 2 unspecified atom stereocenters. The normalized spacial score (nSPS) is 15.4. The lowest BCUT2D eigenvalue weighted by atomic mass is 9.75. The summed E-state index contributed by atoms with van der Waals surface area (Å²) in [4.78, 5) is 4.04. The Labute approximate surface area is 382 Å². The second-order valence-corrected chi connectivity index (χ2v) is 16.5. The maximum absolute atomic E-state index is 6.42. The quantitative estimate of drug-likeness (QED) is 0.0628. The van der Waals surface area contributed by atoms with Gasteiger partial charge in [-0.3, -0.25) is 0 Å². The molecule has 1 aliphatic rings. The van der Waals surface area contributed by atoms with Crippen LogP contribution in [-0.2, 0) is 12.1 Å². The molecule has 4 aromatic carbocycles. The van der Waals surface area contributed by atoms with Crippen LogP contribution in [0.5, 0.6) is 5.75 Å². The Balaban J connectivity index is 0.00000369. The Morgan fingerprint density at radius 2 is 1.51 bits per heavy atom. The van der Waals surface area contributed by atoms with Crippen LogP contribution in [0.4, 0.5) is 0 Å². The summed E-state index contributed by atoms with van der Waals surface area (Å²) in [6.07, 6.45) is 18.9. The van der Waals surface area contributed by atoms with E-state index >= 15 is 0 Å². The van der Waals surface area contributed by atoms with Gasteiger partial charge in [-0.1, -0.05) is 201 Å². The number of nitrogens with two attached hydrogens (primary N) is 2. The Hall–Kier alpha value is -5.44. The predicted molar refractivity (Wildman–Crippen MR) is 264 cm³/mol. The number of nitrogens with zero attached hydrogens (tertiary/aromatic N) is 5. The lowest BCUT2D eigenvalue weighted by Gasteiger charge is -2.35. The van der Waals surface area contributed by atoms with Crippen molar-refractivity contribution in [2.24, 2.45) is 11.5 Å². The lowest BCUT2D eigenvalue weighted by molar-refractivity contribution is 0.218. The SMILES string of the molecule is C=C/C=C(\C=C)C(c1ccc(OC)cc1)(c1ccc(C2CCCCCCC2)cc1)n1nnc(-c2ccccc2-c2ccc(CN(/C(CN)=C(\N)Cl)C(CC)CCCC)cc2)n1.CC. The first kappa shape index (κ1) is 48.6. The molecule has 1 heterocycles. The van der Waals surface area contributed by atoms with E-state index in [1.165, 1.54) is 50.5 Å². The molecule has 0 radical (unpaired) electrons. The average molecular weight is 869 g/mol. The third-order valence-electron chi connectivity index (χ3n) is 12.5. The molecule has 6 rings (SSSR count). The summed E-state index contributed by atoms with van der Waals surface area (Å²) in [6, 6.07) is 34.3. The van der Waals surface area contributed by atoms with E-state index in [-0.39, 0.29) is 17.7 Å². The van der Waals surface area contributed by atoms with Crippen LogP contribution in [0, 0.1) is 0 Å². The fourth-order valence-electron chi connectivity index (χ4n) is 9.13. The van der Waals surface area contributed by atoms with E-state index in [4.69, 9.17) is 43.2 Å². The predicted octanol–water partition coefficient (Wildman–Crippen LogP) is 13.1. The number of hydrogen-bond donors (Lipinski definition) is 2. The van der Waals surface area contributed by atoms with Gasteiger partial charge in [0, 0.05) is 24.7 Å². The number of ether oxygens (including phenoxy) is 1. The van der Waals surface area contributed by atoms with E-state index in [0.29, 0.717) is 18.3 Å². The van der Waals surface area contributed by atoms with Crippen LogP contribution in [-0.4, -0.2) is 44.8 Å². The Morgan fingerprint density at radius 3 is 2.06 bits per heavy atom. The van der Waals surface area contributed by atoms with Crippen molar-refractivity contribution in [2.45, 2.75) is 122 Å². The Morgan fingerprint density at radius 1 is 0.889 bits per heavy atom. The molecule has 0 spiro atoms. The van der Waals surface area contributed by atoms with Gasteiger partial charge in [-0.2, -0.15) is 0 Å². The van der Waals surface area contributed by atoms with Gasteiger partial charge in [0.25, 0.3) is 0 Å². The fraction of sp³-hybridized carbons (Fsp3) is 0.389. The highest BCUT2D eigenvalue weighted by molar-refractivity contribution is 6.29. The molecule has 0 amide bonds. The van der Waals surface area contributed by atoms with Gasteiger partial charge in [0.15, 0.2) is 5.54 Å². The molecule has 63 heavy (non-hydrogen) atoms. The Kier molecular flexibility index (Phi) is 18.8. The molecular weight excluding hydrogens is 798 g/mol. The summed E-state index contributed by atoms with van der Waals surface area (Å²) in [7, 11) is 1.68. The van der Waals surface area contributed by atoms with Crippen LogP contribution < -0.4 is 16.2 Å². The minimum Gasteiger partial charge on any atom is -0.497 e. The van der Waals surface area contributed by atoms with Crippen molar-refractivity contribution in [1.29, 1.82) is 0 Å². The zero-order valence-corrected chi connectivity index (χ0v) is 39.2. The molecular formula is C54H70ClN7O. The number of unbranched alkanes of at least 4 members (excludes halogenated alkanes) is 1. The Bertz CT molecular complexity index is 2230.